The molecule has 1 saturated heterocycles. The number of nitrogens with zero attached hydrogens (tertiary/aromatic N) is 3. The first-order chi connectivity index (χ1) is 18.1. The van der Waals surface area contributed by atoms with Crippen LogP contribution in [-0.4, -0.2) is 56.5 Å². The average Bonchev–Trinajstić information content (AvgIpc) is 3.25. The Balaban J connectivity index is 0.995. The van der Waals surface area contributed by atoms with Gasteiger partial charge < -0.3 is 19.4 Å². The molecule has 3 aromatic rings. The summed E-state index contributed by atoms with van der Waals surface area (Å²) in [6.45, 7) is 5.72. The van der Waals surface area contributed by atoms with Crippen LogP contribution in [0.1, 0.15) is 46.7 Å². The van der Waals surface area contributed by atoms with Crippen LogP contribution >= 0.6 is 0 Å². The lowest BCUT2D eigenvalue weighted by molar-refractivity contribution is 0.0971. The fourth-order valence-electron chi connectivity index (χ4n) is 6.27. The summed E-state index contributed by atoms with van der Waals surface area (Å²) in [6.07, 6.45) is 2.62. The van der Waals surface area contributed by atoms with Crippen molar-refractivity contribution in [3.8, 4) is 5.75 Å². The fourth-order valence-corrected chi connectivity index (χ4v) is 6.27. The topological polar surface area (TPSA) is 36.0 Å². The van der Waals surface area contributed by atoms with E-state index >= 15 is 0 Å². The summed E-state index contributed by atoms with van der Waals surface area (Å²) < 4.78 is 18.8. The van der Waals surface area contributed by atoms with E-state index in [1.807, 2.05) is 24.3 Å². The Bertz CT molecular complexity index is 1260. The molecular formula is C31H34FN3O2. The Hall–Kier alpha value is -3.38. The van der Waals surface area contributed by atoms with Gasteiger partial charge in [0.1, 0.15) is 18.2 Å². The number of ketones is 1. The van der Waals surface area contributed by atoms with Crippen molar-refractivity contribution in [1.29, 1.82) is 0 Å². The van der Waals surface area contributed by atoms with Gasteiger partial charge in [0.25, 0.3) is 0 Å². The summed E-state index contributed by atoms with van der Waals surface area (Å²) in [5, 5.41) is 0. The smallest absolute Gasteiger partial charge is 0.162 e. The number of Topliss-reactive ketones (excluding diaryl/α,β-unsaturated/α-hetero) is 1. The predicted molar refractivity (Wildman–Crippen MR) is 145 cm³/mol. The lowest BCUT2D eigenvalue weighted by Crippen LogP contribution is -2.49. The van der Waals surface area contributed by atoms with Crippen LogP contribution in [0.5, 0.6) is 5.75 Å². The third-order valence-electron chi connectivity index (χ3n) is 8.25. The molecule has 0 bridgehead atoms. The van der Waals surface area contributed by atoms with E-state index in [4.69, 9.17) is 4.74 Å². The predicted octanol–water partition coefficient (Wildman–Crippen LogP) is 5.50. The van der Waals surface area contributed by atoms with Crippen molar-refractivity contribution in [2.24, 2.45) is 0 Å². The largest absolute Gasteiger partial charge is 0.489 e. The number of anilines is 2. The van der Waals surface area contributed by atoms with Gasteiger partial charge >= 0.3 is 0 Å². The summed E-state index contributed by atoms with van der Waals surface area (Å²) >= 11 is 0. The Kier molecular flexibility index (Phi) is 6.59. The van der Waals surface area contributed by atoms with E-state index in [1.165, 1.54) is 35.5 Å². The average molecular weight is 500 g/mol. The van der Waals surface area contributed by atoms with Gasteiger partial charge in [-0.25, -0.2) is 4.39 Å². The van der Waals surface area contributed by atoms with Crippen molar-refractivity contribution in [1.82, 2.24) is 4.90 Å². The van der Waals surface area contributed by atoms with Gasteiger partial charge in [-0.15, -0.1) is 0 Å². The number of likely N-dealkylation sites (tertiary alicyclic amines) is 1. The number of halogens is 1. The highest BCUT2D eigenvalue weighted by molar-refractivity contribution is 5.96. The molecule has 3 aliphatic heterocycles. The van der Waals surface area contributed by atoms with Gasteiger partial charge in [-0.1, -0.05) is 24.3 Å². The Morgan fingerprint density at radius 3 is 2.62 bits per heavy atom. The molecule has 6 heteroatoms. The van der Waals surface area contributed by atoms with Gasteiger partial charge in [-0.3, -0.25) is 4.79 Å². The maximum absolute atomic E-state index is 13.0. The van der Waals surface area contributed by atoms with E-state index < -0.39 is 0 Å². The van der Waals surface area contributed by atoms with E-state index in [2.05, 4.69) is 39.9 Å². The molecular weight excluding hydrogens is 465 g/mol. The molecule has 6 rings (SSSR count). The number of ether oxygens (including phenoxy) is 1. The maximum atomic E-state index is 13.0. The van der Waals surface area contributed by atoms with Crippen LogP contribution < -0.4 is 14.5 Å². The lowest BCUT2D eigenvalue weighted by atomic mass is 9.89. The van der Waals surface area contributed by atoms with E-state index in [0.717, 1.165) is 50.3 Å². The van der Waals surface area contributed by atoms with Gasteiger partial charge in [-0.2, -0.15) is 0 Å². The van der Waals surface area contributed by atoms with Gasteiger partial charge in [0, 0.05) is 57.2 Å². The molecule has 0 saturated carbocycles. The maximum Gasteiger partial charge on any atom is 0.162 e. The minimum atomic E-state index is -0.256. The van der Waals surface area contributed by atoms with E-state index in [1.54, 1.807) is 12.1 Å². The van der Waals surface area contributed by atoms with Gasteiger partial charge in [0.2, 0.25) is 0 Å². The summed E-state index contributed by atoms with van der Waals surface area (Å²) in [4.78, 5) is 20.4. The molecule has 3 aromatic carbocycles. The summed E-state index contributed by atoms with van der Waals surface area (Å²) in [7, 11) is 2.20. The van der Waals surface area contributed by atoms with Crippen LogP contribution in [0.15, 0.2) is 66.7 Å². The number of likely N-dealkylation sites (N-methyl/N-ethyl adjacent to an activating group) is 1. The van der Waals surface area contributed by atoms with Crippen molar-refractivity contribution in [3.05, 3.63) is 89.2 Å². The zero-order valence-electron chi connectivity index (χ0n) is 21.4. The van der Waals surface area contributed by atoms with Gasteiger partial charge in [-0.05, 0) is 73.0 Å². The molecule has 0 aliphatic carbocycles. The molecule has 3 aliphatic rings. The molecule has 0 radical (unpaired) electrons. The van der Waals surface area contributed by atoms with Crippen LogP contribution in [0.2, 0.25) is 0 Å². The number of rotatable bonds is 8. The second-order valence-corrected chi connectivity index (χ2v) is 10.6. The number of para-hydroxylation sites is 1. The first-order valence-corrected chi connectivity index (χ1v) is 13.4. The normalized spacial score (nSPS) is 20.5. The van der Waals surface area contributed by atoms with Crippen LogP contribution in [0, 0.1) is 5.82 Å². The Labute approximate surface area is 218 Å². The molecule has 37 heavy (non-hydrogen) atoms. The van der Waals surface area contributed by atoms with E-state index in [-0.39, 0.29) is 11.6 Å². The molecule has 2 unspecified atom stereocenters. The van der Waals surface area contributed by atoms with Crippen molar-refractivity contribution < 1.29 is 13.9 Å². The van der Waals surface area contributed by atoms with Crippen LogP contribution in [0.25, 0.3) is 0 Å². The molecule has 2 atom stereocenters. The number of piperidine rings is 1. The van der Waals surface area contributed by atoms with Crippen molar-refractivity contribution >= 4 is 17.2 Å². The quantitative estimate of drug-likeness (QED) is 0.383. The fraction of sp³-hybridized carbons (Fsp3) is 0.387. The highest BCUT2D eigenvalue weighted by atomic mass is 19.1. The second kappa shape index (κ2) is 10.2. The molecule has 192 valence electrons. The van der Waals surface area contributed by atoms with Crippen LogP contribution in [0.4, 0.5) is 15.8 Å². The Morgan fingerprint density at radius 1 is 1.00 bits per heavy atom. The molecule has 1 fully saturated rings. The molecule has 0 spiro atoms. The number of carbonyl (C=O) groups is 1. The summed E-state index contributed by atoms with van der Waals surface area (Å²) in [5.74, 6) is 1.19. The van der Waals surface area contributed by atoms with E-state index in [0.29, 0.717) is 30.7 Å². The highest BCUT2D eigenvalue weighted by Crippen LogP contribution is 2.50. The Morgan fingerprint density at radius 2 is 1.81 bits per heavy atom. The zero-order chi connectivity index (χ0) is 25.4. The standard InChI is InChI=1S/C31H34FN3O2/c1-33-18-19-35-28-15-17-34(20-27(28)26-4-2-5-29(33)31(26)35)16-3-6-30(36)23-9-13-25(14-10-23)37-21-22-7-11-24(32)12-8-22/h2,4-5,7-14,27-28H,3,6,15-21H2,1H3. The minimum absolute atomic E-state index is 0.177. The molecule has 5 nitrogen and oxygen atoms in total. The first-order valence-electron chi connectivity index (χ1n) is 13.4. The van der Waals surface area contributed by atoms with Crippen molar-refractivity contribution in [2.45, 2.75) is 37.8 Å². The molecule has 0 amide bonds. The SMILES string of the molecule is CN1CCN2c3c(cccc31)C1CN(CCCC(=O)c3ccc(OCc4ccc(F)cc4)cc3)CCC12. The number of benzene rings is 3. The number of hydrogen-bond acceptors (Lipinski definition) is 5. The molecule has 0 N–H and O–H groups in total. The van der Waals surface area contributed by atoms with E-state index in [9.17, 15) is 9.18 Å². The number of fused-ring (bicyclic) bond motifs is 3. The number of carbonyl (C=O) groups excluding carboxylic acids is 1. The zero-order valence-corrected chi connectivity index (χ0v) is 21.4. The second-order valence-electron chi connectivity index (χ2n) is 10.6. The van der Waals surface area contributed by atoms with Crippen LogP contribution in [-0.2, 0) is 6.61 Å². The summed E-state index contributed by atoms with van der Waals surface area (Å²) in [5.41, 5.74) is 5.98. The monoisotopic (exact) mass is 499 g/mol. The highest BCUT2D eigenvalue weighted by Gasteiger charge is 2.44. The van der Waals surface area contributed by atoms with Crippen molar-refractivity contribution in [3.63, 3.8) is 0 Å². The minimum Gasteiger partial charge on any atom is -0.489 e. The lowest BCUT2D eigenvalue weighted by Gasteiger charge is -2.41. The molecule has 0 aromatic heterocycles. The van der Waals surface area contributed by atoms with Gasteiger partial charge in [0.05, 0.1) is 11.4 Å². The van der Waals surface area contributed by atoms with Gasteiger partial charge in [0.15, 0.2) is 5.78 Å². The first kappa shape index (κ1) is 24.0. The van der Waals surface area contributed by atoms with Crippen molar-refractivity contribution in [2.75, 3.05) is 49.6 Å². The number of hydrogen-bond donors (Lipinski definition) is 0. The third kappa shape index (κ3) is 4.82. The van der Waals surface area contributed by atoms with Crippen LogP contribution in [0.3, 0.4) is 0 Å². The summed E-state index contributed by atoms with van der Waals surface area (Å²) in [6, 6.07) is 21.1. The third-order valence-corrected chi connectivity index (χ3v) is 8.25. The molecule has 3 heterocycles.